The molecule has 3 N–H and O–H groups in total. The summed E-state index contributed by atoms with van der Waals surface area (Å²) >= 11 is 0. The van der Waals surface area contributed by atoms with Gasteiger partial charge in [0.1, 0.15) is 0 Å². The predicted molar refractivity (Wildman–Crippen MR) is 80.1 cm³/mol. The Balaban J connectivity index is 2.19. The van der Waals surface area contributed by atoms with Crippen LogP contribution in [0.25, 0.3) is 0 Å². The highest BCUT2D eigenvalue weighted by Crippen LogP contribution is 2.40. The number of benzene rings is 1. The summed E-state index contributed by atoms with van der Waals surface area (Å²) in [6.45, 7) is -1.04. The molecule has 2 unspecified atom stereocenters. The van der Waals surface area contributed by atoms with Crippen LogP contribution in [0, 0.1) is 5.92 Å². The number of hydrogen-bond donors (Lipinski definition) is 3. The van der Waals surface area contributed by atoms with Crippen LogP contribution in [0.2, 0.25) is 0 Å². The van der Waals surface area contributed by atoms with Gasteiger partial charge in [0, 0.05) is 18.9 Å². The van der Waals surface area contributed by atoms with Crippen LogP contribution in [-0.4, -0.2) is 36.2 Å². The Morgan fingerprint density at radius 2 is 1.81 bits per heavy atom. The zero-order valence-corrected chi connectivity index (χ0v) is 13.7. The predicted octanol–water partition coefficient (Wildman–Crippen LogP) is 2.10. The van der Waals surface area contributed by atoms with Gasteiger partial charge in [-0.2, -0.15) is 26.3 Å². The topological polar surface area (TPSA) is 78.4 Å². The average molecular weight is 398 g/mol. The first-order valence-electron chi connectivity index (χ1n) is 7.86. The second kappa shape index (κ2) is 7.37. The summed E-state index contributed by atoms with van der Waals surface area (Å²) in [5, 5.41) is 14.4. The third kappa shape index (κ3) is 4.71. The van der Waals surface area contributed by atoms with Crippen LogP contribution in [-0.2, 0) is 21.4 Å². The third-order valence-electron chi connectivity index (χ3n) is 4.27. The van der Waals surface area contributed by atoms with Crippen molar-refractivity contribution in [2.45, 2.75) is 30.8 Å². The van der Waals surface area contributed by atoms with E-state index in [4.69, 9.17) is 0 Å². The molecule has 0 saturated carbocycles. The van der Waals surface area contributed by atoms with Gasteiger partial charge in [-0.3, -0.25) is 9.59 Å². The first-order valence-corrected chi connectivity index (χ1v) is 7.86. The Kier molecular flexibility index (Phi) is 5.74. The molecule has 1 heterocycles. The summed E-state index contributed by atoms with van der Waals surface area (Å²) in [4.78, 5) is 23.2. The van der Waals surface area contributed by atoms with Crippen molar-refractivity contribution in [3.05, 3.63) is 35.4 Å². The number of carbonyl (C=O) groups is 2. The van der Waals surface area contributed by atoms with E-state index < -0.39 is 53.4 Å². The molecular weight excluding hydrogens is 382 g/mol. The van der Waals surface area contributed by atoms with Crippen LogP contribution in [0.15, 0.2) is 24.3 Å². The first kappa shape index (κ1) is 21.0. The molecule has 1 aromatic carbocycles. The lowest BCUT2D eigenvalue weighted by Crippen LogP contribution is -2.51. The van der Waals surface area contributed by atoms with Crippen molar-refractivity contribution in [1.82, 2.24) is 10.6 Å². The van der Waals surface area contributed by atoms with Crippen molar-refractivity contribution in [2.24, 2.45) is 5.92 Å². The smallest absolute Gasteiger partial charge is 0.375 e. The lowest BCUT2D eigenvalue weighted by atomic mass is 9.91. The molecule has 1 aliphatic rings. The van der Waals surface area contributed by atoms with E-state index in [-0.39, 0.29) is 12.5 Å². The van der Waals surface area contributed by atoms with Crippen molar-refractivity contribution in [1.29, 1.82) is 0 Å². The lowest BCUT2D eigenvalue weighted by Gasteiger charge is -2.31. The average Bonchev–Trinajstić information content (AvgIpc) is 2.96. The number of nitrogens with one attached hydrogen (secondary N) is 2. The summed E-state index contributed by atoms with van der Waals surface area (Å²) in [7, 11) is 0. The van der Waals surface area contributed by atoms with E-state index >= 15 is 0 Å². The molecule has 0 aliphatic carbocycles. The SMILES string of the molecule is O=C(CC1CCNC1=O)NCC(O)(c1cccc(C(F)(F)F)c1)C(F)(F)F. The molecule has 0 radical (unpaired) electrons. The summed E-state index contributed by atoms with van der Waals surface area (Å²) < 4.78 is 78.4. The summed E-state index contributed by atoms with van der Waals surface area (Å²) in [5.74, 6) is -2.03. The summed E-state index contributed by atoms with van der Waals surface area (Å²) in [5.41, 5.74) is -6.14. The Bertz CT molecular complexity index is 719. The number of rotatable bonds is 5. The monoisotopic (exact) mass is 398 g/mol. The number of halogens is 6. The Hall–Kier alpha value is -2.30. The maximum Gasteiger partial charge on any atom is 0.423 e. The third-order valence-corrected chi connectivity index (χ3v) is 4.27. The fourth-order valence-corrected chi connectivity index (χ4v) is 2.68. The highest BCUT2D eigenvalue weighted by molar-refractivity contribution is 5.87. The van der Waals surface area contributed by atoms with E-state index in [1.54, 1.807) is 0 Å². The molecule has 27 heavy (non-hydrogen) atoms. The Morgan fingerprint density at radius 3 is 2.33 bits per heavy atom. The number of alkyl halides is 6. The van der Waals surface area contributed by atoms with Crippen LogP contribution in [0.3, 0.4) is 0 Å². The number of amides is 2. The molecule has 2 atom stereocenters. The van der Waals surface area contributed by atoms with E-state index in [0.717, 1.165) is 6.07 Å². The molecule has 11 heteroatoms. The molecule has 1 aliphatic heterocycles. The molecule has 0 spiro atoms. The first-order chi connectivity index (χ1) is 12.3. The standard InChI is InChI=1S/C16H16F6N2O3/c17-15(18,19)11-3-1-2-10(7-11)14(27,16(20,21)22)8-24-12(25)6-9-4-5-23-13(9)26/h1-3,7,9,27H,4-6,8H2,(H,23,26)(H,24,25). The fourth-order valence-electron chi connectivity index (χ4n) is 2.68. The molecule has 1 fully saturated rings. The molecule has 1 aromatic rings. The van der Waals surface area contributed by atoms with Crippen LogP contribution >= 0.6 is 0 Å². The summed E-state index contributed by atoms with van der Waals surface area (Å²) in [6.07, 6.45) is -10.3. The molecule has 150 valence electrons. The second-order valence-corrected chi connectivity index (χ2v) is 6.19. The van der Waals surface area contributed by atoms with Gasteiger partial charge >= 0.3 is 12.4 Å². The van der Waals surface area contributed by atoms with Crippen LogP contribution in [0.1, 0.15) is 24.0 Å². The van der Waals surface area contributed by atoms with Gasteiger partial charge < -0.3 is 15.7 Å². The van der Waals surface area contributed by atoms with Gasteiger partial charge in [-0.05, 0) is 24.1 Å². The van der Waals surface area contributed by atoms with Crippen LogP contribution in [0.5, 0.6) is 0 Å². The molecule has 0 aromatic heterocycles. The molecular formula is C16H16F6N2O3. The molecule has 0 bridgehead atoms. The Morgan fingerprint density at radius 1 is 1.19 bits per heavy atom. The number of aliphatic hydroxyl groups is 1. The molecule has 5 nitrogen and oxygen atoms in total. The maximum atomic E-state index is 13.4. The van der Waals surface area contributed by atoms with Crippen LogP contribution < -0.4 is 10.6 Å². The minimum atomic E-state index is -5.35. The van der Waals surface area contributed by atoms with E-state index in [0.29, 0.717) is 25.1 Å². The number of carbonyl (C=O) groups excluding carboxylic acids is 2. The van der Waals surface area contributed by atoms with Gasteiger partial charge in [0.05, 0.1) is 12.1 Å². The van der Waals surface area contributed by atoms with E-state index in [2.05, 4.69) is 5.32 Å². The highest BCUT2D eigenvalue weighted by Gasteiger charge is 2.55. The zero-order valence-electron chi connectivity index (χ0n) is 13.7. The molecule has 2 amide bonds. The zero-order chi connectivity index (χ0) is 20.5. The largest absolute Gasteiger partial charge is 0.423 e. The van der Waals surface area contributed by atoms with Gasteiger partial charge in [-0.1, -0.05) is 12.1 Å². The van der Waals surface area contributed by atoms with Crippen molar-refractivity contribution < 1.29 is 41.0 Å². The molecule has 1 saturated heterocycles. The van der Waals surface area contributed by atoms with Gasteiger partial charge in [0.15, 0.2) is 0 Å². The second-order valence-electron chi connectivity index (χ2n) is 6.19. The van der Waals surface area contributed by atoms with Gasteiger partial charge in [0.25, 0.3) is 0 Å². The lowest BCUT2D eigenvalue weighted by molar-refractivity contribution is -0.264. The van der Waals surface area contributed by atoms with Crippen molar-refractivity contribution >= 4 is 11.8 Å². The van der Waals surface area contributed by atoms with E-state index in [1.807, 2.05) is 5.32 Å². The van der Waals surface area contributed by atoms with Gasteiger partial charge in [0.2, 0.25) is 17.4 Å². The van der Waals surface area contributed by atoms with Crippen molar-refractivity contribution in [3.63, 3.8) is 0 Å². The maximum absolute atomic E-state index is 13.4. The summed E-state index contributed by atoms with van der Waals surface area (Å²) in [6, 6.07) is 2.18. The quantitative estimate of drug-likeness (QED) is 0.665. The Labute approximate surface area is 149 Å². The number of hydrogen-bond acceptors (Lipinski definition) is 3. The van der Waals surface area contributed by atoms with Gasteiger partial charge in [-0.15, -0.1) is 0 Å². The van der Waals surface area contributed by atoms with E-state index in [1.165, 1.54) is 0 Å². The normalized spacial score (nSPS) is 20.1. The minimum absolute atomic E-state index is 0.185. The minimum Gasteiger partial charge on any atom is -0.375 e. The van der Waals surface area contributed by atoms with Gasteiger partial charge in [-0.25, -0.2) is 0 Å². The highest BCUT2D eigenvalue weighted by atomic mass is 19.4. The van der Waals surface area contributed by atoms with Crippen molar-refractivity contribution in [2.75, 3.05) is 13.1 Å². The molecule has 2 rings (SSSR count). The van der Waals surface area contributed by atoms with Crippen molar-refractivity contribution in [3.8, 4) is 0 Å². The van der Waals surface area contributed by atoms with Crippen LogP contribution in [0.4, 0.5) is 26.3 Å². The fraction of sp³-hybridized carbons (Fsp3) is 0.500. The van der Waals surface area contributed by atoms with E-state index in [9.17, 15) is 41.0 Å².